The van der Waals surface area contributed by atoms with Crippen LogP contribution in [-0.4, -0.2) is 24.5 Å². The molecule has 0 spiro atoms. The van der Waals surface area contributed by atoms with Gasteiger partial charge in [0.05, 0.1) is 12.0 Å². The Morgan fingerprint density at radius 1 is 1.45 bits per heavy atom. The molecule has 0 bridgehead atoms. The van der Waals surface area contributed by atoms with E-state index < -0.39 is 0 Å². The van der Waals surface area contributed by atoms with Gasteiger partial charge in [-0.3, -0.25) is 0 Å². The lowest BCUT2D eigenvalue weighted by Gasteiger charge is -2.16. The molecule has 0 aliphatic heterocycles. The minimum absolute atomic E-state index is 0.371. The lowest BCUT2D eigenvalue weighted by atomic mass is 10.3. The van der Waals surface area contributed by atoms with Gasteiger partial charge in [-0.1, -0.05) is 13.8 Å². The van der Waals surface area contributed by atoms with E-state index >= 15 is 0 Å². The Labute approximate surface area is 68.8 Å². The van der Waals surface area contributed by atoms with Gasteiger partial charge in [-0.25, -0.2) is 0 Å². The van der Waals surface area contributed by atoms with Gasteiger partial charge in [0.25, 0.3) is 0 Å². The zero-order valence-corrected chi connectivity index (χ0v) is 7.38. The van der Waals surface area contributed by atoms with Crippen molar-refractivity contribution >= 4 is 0 Å². The van der Waals surface area contributed by atoms with Crippen LogP contribution in [0.2, 0.25) is 0 Å². The van der Waals surface area contributed by atoms with E-state index in [1.807, 2.05) is 0 Å². The van der Waals surface area contributed by atoms with Crippen molar-refractivity contribution in [3.05, 3.63) is 0 Å². The van der Waals surface area contributed by atoms with Gasteiger partial charge >= 0.3 is 0 Å². The van der Waals surface area contributed by atoms with Gasteiger partial charge < -0.3 is 4.90 Å². The molecule has 0 amide bonds. The van der Waals surface area contributed by atoms with Gasteiger partial charge in [0, 0.05) is 6.54 Å². The summed E-state index contributed by atoms with van der Waals surface area (Å²) in [5, 5.41) is 8.57. The number of hydrogen-bond donors (Lipinski definition) is 0. The van der Waals surface area contributed by atoms with E-state index in [4.69, 9.17) is 5.26 Å². The number of rotatable bonds is 4. The molecule has 62 valence electrons. The molecule has 0 heterocycles. The SMILES string of the molecule is CCN(CC)CC1CC1C#N. The molecule has 11 heavy (non-hydrogen) atoms. The zero-order valence-electron chi connectivity index (χ0n) is 7.38. The molecule has 0 aromatic carbocycles. The molecule has 0 radical (unpaired) electrons. The van der Waals surface area contributed by atoms with Crippen molar-refractivity contribution in [1.82, 2.24) is 4.90 Å². The highest BCUT2D eigenvalue weighted by atomic mass is 15.1. The van der Waals surface area contributed by atoms with E-state index in [2.05, 4.69) is 24.8 Å². The second kappa shape index (κ2) is 3.73. The zero-order chi connectivity index (χ0) is 8.27. The van der Waals surface area contributed by atoms with Crippen LogP contribution in [0.15, 0.2) is 0 Å². The maximum absolute atomic E-state index is 8.57. The summed E-state index contributed by atoms with van der Waals surface area (Å²) in [6.45, 7) is 7.71. The van der Waals surface area contributed by atoms with Crippen LogP contribution < -0.4 is 0 Å². The van der Waals surface area contributed by atoms with Crippen molar-refractivity contribution in [3.63, 3.8) is 0 Å². The first-order valence-electron chi connectivity index (χ1n) is 4.43. The molecule has 2 heteroatoms. The van der Waals surface area contributed by atoms with Crippen LogP contribution in [0.4, 0.5) is 0 Å². The normalized spacial score (nSPS) is 28.5. The maximum Gasteiger partial charge on any atom is 0.0659 e. The van der Waals surface area contributed by atoms with Crippen molar-refractivity contribution in [2.24, 2.45) is 11.8 Å². The fraction of sp³-hybridized carbons (Fsp3) is 0.889. The van der Waals surface area contributed by atoms with Crippen molar-refractivity contribution < 1.29 is 0 Å². The van der Waals surface area contributed by atoms with E-state index in [9.17, 15) is 0 Å². The van der Waals surface area contributed by atoms with E-state index in [-0.39, 0.29) is 0 Å². The summed E-state index contributed by atoms with van der Waals surface area (Å²) in [4.78, 5) is 2.39. The predicted molar refractivity (Wildman–Crippen MR) is 45.0 cm³/mol. The summed E-state index contributed by atoms with van der Waals surface area (Å²) in [5.74, 6) is 1.05. The molecule has 0 N–H and O–H groups in total. The van der Waals surface area contributed by atoms with Crippen molar-refractivity contribution in [2.45, 2.75) is 20.3 Å². The molecular weight excluding hydrogens is 136 g/mol. The molecule has 0 saturated heterocycles. The van der Waals surface area contributed by atoms with Gasteiger partial charge in [0.2, 0.25) is 0 Å². The number of hydrogen-bond acceptors (Lipinski definition) is 2. The molecule has 1 rings (SSSR count). The van der Waals surface area contributed by atoms with Gasteiger partial charge in [0.1, 0.15) is 0 Å². The van der Waals surface area contributed by atoms with E-state index in [1.165, 1.54) is 0 Å². The molecule has 1 saturated carbocycles. The quantitative estimate of drug-likeness (QED) is 0.610. The first-order chi connectivity index (χ1) is 5.31. The Morgan fingerprint density at radius 3 is 2.45 bits per heavy atom. The van der Waals surface area contributed by atoms with Crippen LogP contribution in [0, 0.1) is 23.2 Å². The van der Waals surface area contributed by atoms with Gasteiger partial charge in [0.15, 0.2) is 0 Å². The van der Waals surface area contributed by atoms with Gasteiger partial charge in [-0.2, -0.15) is 5.26 Å². The average molecular weight is 152 g/mol. The summed E-state index contributed by atoms with van der Waals surface area (Å²) in [7, 11) is 0. The van der Waals surface area contributed by atoms with Crippen molar-refractivity contribution in [3.8, 4) is 6.07 Å². The van der Waals surface area contributed by atoms with Gasteiger partial charge in [-0.05, 0) is 25.4 Å². The lowest BCUT2D eigenvalue weighted by molar-refractivity contribution is 0.288. The number of nitrogens with zero attached hydrogens (tertiary/aromatic N) is 2. The topological polar surface area (TPSA) is 27.0 Å². The summed E-state index contributed by atoms with van der Waals surface area (Å²) >= 11 is 0. The minimum Gasteiger partial charge on any atom is -0.304 e. The highest BCUT2D eigenvalue weighted by Gasteiger charge is 2.37. The molecular formula is C9H16N2. The van der Waals surface area contributed by atoms with E-state index in [1.54, 1.807) is 0 Å². The molecule has 1 aliphatic rings. The molecule has 2 unspecified atom stereocenters. The average Bonchev–Trinajstić information content (AvgIpc) is 2.78. The van der Waals surface area contributed by atoms with Crippen LogP contribution in [0.5, 0.6) is 0 Å². The third-order valence-corrected chi connectivity index (χ3v) is 2.48. The van der Waals surface area contributed by atoms with Crippen molar-refractivity contribution in [1.29, 1.82) is 5.26 Å². The Kier molecular flexibility index (Phi) is 2.90. The van der Waals surface area contributed by atoms with Crippen LogP contribution >= 0.6 is 0 Å². The largest absolute Gasteiger partial charge is 0.304 e. The summed E-state index contributed by atoms with van der Waals surface area (Å²) in [6, 6.07) is 2.32. The molecule has 0 aromatic heterocycles. The van der Waals surface area contributed by atoms with Crippen LogP contribution in [0.1, 0.15) is 20.3 Å². The highest BCUT2D eigenvalue weighted by Crippen LogP contribution is 2.37. The van der Waals surface area contributed by atoms with Crippen LogP contribution in [0.25, 0.3) is 0 Å². The fourth-order valence-corrected chi connectivity index (χ4v) is 1.42. The molecule has 1 fully saturated rings. The predicted octanol–water partition coefficient (Wildman–Crippen LogP) is 1.49. The first kappa shape index (κ1) is 8.55. The minimum atomic E-state index is 0.371. The Morgan fingerprint density at radius 2 is 2.09 bits per heavy atom. The molecule has 1 aliphatic carbocycles. The first-order valence-corrected chi connectivity index (χ1v) is 4.43. The Bertz CT molecular complexity index is 155. The molecule has 0 aromatic rings. The van der Waals surface area contributed by atoms with E-state index in [0.29, 0.717) is 11.8 Å². The monoisotopic (exact) mass is 152 g/mol. The van der Waals surface area contributed by atoms with Crippen molar-refractivity contribution in [2.75, 3.05) is 19.6 Å². The standard InChI is InChI=1S/C9H16N2/c1-3-11(4-2)7-9-5-8(9)6-10/h8-9H,3-5,7H2,1-2H3. The third-order valence-electron chi connectivity index (χ3n) is 2.48. The highest BCUT2D eigenvalue weighted by molar-refractivity contribution is 5.02. The lowest BCUT2D eigenvalue weighted by Crippen LogP contribution is -2.25. The summed E-state index contributed by atoms with van der Waals surface area (Å²) < 4.78 is 0. The fourth-order valence-electron chi connectivity index (χ4n) is 1.42. The smallest absolute Gasteiger partial charge is 0.0659 e. The van der Waals surface area contributed by atoms with Gasteiger partial charge in [-0.15, -0.1) is 0 Å². The van der Waals surface area contributed by atoms with Crippen LogP contribution in [-0.2, 0) is 0 Å². The summed E-state index contributed by atoms with van der Waals surface area (Å²) in [5.41, 5.74) is 0. The second-order valence-corrected chi connectivity index (χ2v) is 3.22. The Balaban J connectivity index is 2.17. The third kappa shape index (κ3) is 2.20. The Hall–Kier alpha value is -0.550. The number of nitriles is 1. The molecule has 2 atom stereocenters. The summed E-state index contributed by atoms with van der Waals surface area (Å²) in [6.07, 6.45) is 1.13. The maximum atomic E-state index is 8.57. The van der Waals surface area contributed by atoms with E-state index in [0.717, 1.165) is 26.1 Å². The second-order valence-electron chi connectivity index (χ2n) is 3.22. The molecule has 2 nitrogen and oxygen atoms in total. The van der Waals surface area contributed by atoms with Crippen LogP contribution in [0.3, 0.4) is 0 Å².